The molecule has 1 aliphatic heterocycles. The maximum Gasteiger partial charge on any atom is 0.510 e. The molecule has 0 atom stereocenters. The zero-order chi connectivity index (χ0) is 21.9. The summed E-state index contributed by atoms with van der Waals surface area (Å²) in [4.78, 5) is 26.6. The highest BCUT2D eigenvalue weighted by atomic mass is 16.8. The van der Waals surface area contributed by atoms with Gasteiger partial charge in [0, 0.05) is 6.21 Å². The van der Waals surface area contributed by atoms with E-state index in [9.17, 15) is 19.8 Å². The molecule has 1 heterocycles. The number of aryl methyl sites for hydroxylation is 1. The first-order chi connectivity index (χ1) is 14.3. The SMILES string of the molecule is CCc1cc(C2=CC=NC2(OC(=O)O)OC(=O)O)c(C)c(-c2ccccc2)c1CC. The minimum atomic E-state index is -2.30. The Morgan fingerprint density at radius 1 is 1.03 bits per heavy atom. The van der Waals surface area contributed by atoms with Gasteiger partial charge in [-0.3, -0.25) is 0 Å². The topological polar surface area (TPSA) is 105 Å². The van der Waals surface area contributed by atoms with Gasteiger partial charge < -0.3 is 19.7 Å². The van der Waals surface area contributed by atoms with Gasteiger partial charge in [-0.25, -0.2) is 14.6 Å². The van der Waals surface area contributed by atoms with E-state index in [0.29, 0.717) is 5.56 Å². The standard InChI is InChI=1S/C23H23NO6/c1-4-15-13-18(14(3)20(17(15)5-2)16-9-7-6-8-10-16)19-11-12-24-23(19,29-21(25)26)30-22(27)28/h6-13H,4-5H2,1-3H3,(H,25,26)(H,27,28). The highest BCUT2D eigenvalue weighted by Crippen LogP contribution is 2.42. The zero-order valence-electron chi connectivity index (χ0n) is 17.0. The molecule has 0 fully saturated rings. The van der Waals surface area contributed by atoms with E-state index in [1.54, 1.807) is 0 Å². The van der Waals surface area contributed by atoms with E-state index in [2.05, 4.69) is 11.9 Å². The van der Waals surface area contributed by atoms with Crippen LogP contribution in [0, 0.1) is 6.92 Å². The maximum atomic E-state index is 11.3. The van der Waals surface area contributed by atoms with E-state index < -0.39 is 18.2 Å². The Morgan fingerprint density at radius 2 is 1.67 bits per heavy atom. The van der Waals surface area contributed by atoms with Gasteiger partial charge in [0.25, 0.3) is 0 Å². The van der Waals surface area contributed by atoms with Gasteiger partial charge in [0.15, 0.2) is 0 Å². The number of allylic oxidation sites excluding steroid dienone is 1. The Morgan fingerprint density at radius 3 is 2.20 bits per heavy atom. The van der Waals surface area contributed by atoms with Gasteiger partial charge in [-0.15, -0.1) is 0 Å². The summed E-state index contributed by atoms with van der Waals surface area (Å²) in [5, 5.41) is 18.4. The van der Waals surface area contributed by atoms with Gasteiger partial charge in [-0.05, 0) is 59.2 Å². The Bertz CT molecular complexity index is 1020. The van der Waals surface area contributed by atoms with Crippen LogP contribution in [0.3, 0.4) is 0 Å². The Balaban J connectivity index is 2.28. The van der Waals surface area contributed by atoms with Crippen molar-refractivity contribution in [2.45, 2.75) is 39.5 Å². The zero-order valence-corrected chi connectivity index (χ0v) is 17.0. The van der Waals surface area contributed by atoms with E-state index in [1.807, 2.05) is 50.2 Å². The summed E-state index contributed by atoms with van der Waals surface area (Å²) < 4.78 is 9.71. The summed E-state index contributed by atoms with van der Waals surface area (Å²) in [6, 6.07) is 11.8. The molecule has 0 bridgehead atoms. The Kier molecular flexibility index (Phi) is 5.91. The van der Waals surface area contributed by atoms with E-state index in [1.165, 1.54) is 17.9 Å². The molecule has 0 aliphatic carbocycles. The molecular formula is C23H23NO6. The summed E-state index contributed by atoms with van der Waals surface area (Å²) >= 11 is 0. The predicted octanol–water partition coefficient (Wildman–Crippen LogP) is 5.30. The first kappa shape index (κ1) is 21.1. The smallest absolute Gasteiger partial charge is 0.450 e. The second-order valence-corrected chi connectivity index (χ2v) is 6.81. The molecule has 2 aromatic carbocycles. The number of benzene rings is 2. The minimum Gasteiger partial charge on any atom is -0.450 e. The summed E-state index contributed by atoms with van der Waals surface area (Å²) in [5.41, 5.74) is 6.02. The number of carboxylic acid groups (broad SMARTS) is 2. The van der Waals surface area contributed by atoms with E-state index in [0.717, 1.165) is 35.1 Å². The van der Waals surface area contributed by atoms with Crippen LogP contribution in [0.5, 0.6) is 0 Å². The van der Waals surface area contributed by atoms with Crippen molar-refractivity contribution in [3.63, 3.8) is 0 Å². The van der Waals surface area contributed by atoms with Crippen molar-refractivity contribution in [2.75, 3.05) is 0 Å². The van der Waals surface area contributed by atoms with Crippen LogP contribution < -0.4 is 0 Å². The molecule has 0 radical (unpaired) electrons. The molecule has 156 valence electrons. The molecule has 0 amide bonds. The fourth-order valence-corrected chi connectivity index (χ4v) is 3.95. The monoisotopic (exact) mass is 409 g/mol. The fourth-order valence-electron chi connectivity index (χ4n) is 3.95. The largest absolute Gasteiger partial charge is 0.510 e. The maximum absolute atomic E-state index is 11.3. The summed E-state index contributed by atoms with van der Waals surface area (Å²) in [5.74, 6) is -2.30. The van der Waals surface area contributed by atoms with E-state index >= 15 is 0 Å². The van der Waals surface area contributed by atoms with Crippen LogP contribution in [-0.4, -0.2) is 34.6 Å². The normalized spacial score (nSPS) is 14.3. The molecule has 7 nitrogen and oxygen atoms in total. The Labute approximate surface area is 174 Å². The lowest BCUT2D eigenvalue weighted by molar-refractivity contribution is -0.133. The highest BCUT2D eigenvalue weighted by Gasteiger charge is 2.46. The lowest BCUT2D eigenvalue weighted by Crippen LogP contribution is -2.37. The van der Waals surface area contributed by atoms with Gasteiger partial charge in [-0.2, -0.15) is 0 Å². The molecule has 0 aromatic heterocycles. The number of ether oxygens (including phenoxy) is 2. The highest BCUT2D eigenvalue weighted by molar-refractivity contribution is 5.95. The van der Waals surface area contributed by atoms with Crippen LogP contribution >= 0.6 is 0 Å². The van der Waals surface area contributed by atoms with Crippen LogP contribution in [0.15, 0.2) is 47.5 Å². The third-order valence-corrected chi connectivity index (χ3v) is 5.15. The van der Waals surface area contributed by atoms with Crippen molar-refractivity contribution >= 4 is 24.1 Å². The van der Waals surface area contributed by atoms with Crippen molar-refractivity contribution in [3.05, 3.63) is 64.7 Å². The van der Waals surface area contributed by atoms with Crippen molar-refractivity contribution in [1.82, 2.24) is 0 Å². The van der Waals surface area contributed by atoms with Crippen molar-refractivity contribution in [3.8, 4) is 11.1 Å². The first-order valence-corrected chi connectivity index (χ1v) is 9.64. The molecule has 30 heavy (non-hydrogen) atoms. The first-order valence-electron chi connectivity index (χ1n) is 9.64. The van der Waals surface area contributed by atoms with Crippen LogP contribution in [0.1, 0.15) is 36.1 Å². The minimum absolute atomic E-state index is 0.222. The average Bonchev–Trinajstić information content (AvgIpc) is 3.09. The number of nitrogens with zero attached hydrogens (tertiary/aromatic N) is 1. The van der Waals surface area contributed by atoms with Gasteiger partial charge in [0.2, 0.25) is 0 Å². The van der Waals surface area contributed by atoms with Gasteiger partial charge in [-0.1, -0.05) is 50.2 Å². The second kappa shape index (κ2) is 8.41. The number of hydrogen-bond donors (Lipinski definition) is 2. The van der Waals surface area contributed by atoms with Gasteiger partial charge in [0.05, 0.1) is 5.57 Å². The van der Waals surface area contributed by atoms with Crippen LogP contribution in [0.4, 0.5) is 9.59 Å². The molecule has 3 rings (SSSR count). The van der Waals surface area contributed by atoms with Gasteiger partial charge in [0.1, 0.15) is 0 Å². The average molecular weight is 409 g/mol. The number of rotatable bonds is 6. The molecule has 0 saturated carbocycles. The van der Waals surface area contributed by atoms with Crippen LogP contribution in [-0.2, 0) is 22.3 Å². The lowest BCUT2D eigenvalue weighted by Gasteiger charge is -2.28. The van der Waals surface area contributed by atoms with Crippen molar-refractivity contribution in [1.29, 1.82) is 0 Å². The predicted molar refractivity (Wildman–Crippen MR) is 113 cm³/mol. The molecular weight excluding hydrogens is 386 g/mol. The van der Waals surface area contributed by atoms with E-state index in [4.69, 9.17) is 9.47 Å². The lowest BCUT2D eigenvalue weighted by atomic mass is 9.83. The Hall–Kier alpha value is -3.61. The van der Waals surface area contributed by atoms with Crippen LogP contribution in [0.25, 0.3) is 16.7 Å². The molecule has 2 aromatic rings. The molecule has 0 saturated heterocycles. The molecule has 0 unspecified atom stereocenters. The molecule has 7 heteroatoms. The fraction of sp³-hybridized carbons (Fsp3) is 0.261. The number of aliphatic imine (C=N–C) groups is 1. The number of carbonyl (C=O) groups is 2. The third kappa shape index (κ3) is 3.78. The molecule has 2 N–H and O–H groups in total. The van der Waals surface area contributed by atoms with Crippen LogP contribution in [0.2, 0.25) is 0 Å². The summed E-state index contributed by atoms with van der Waals surface area (Å²) in [6.45, 7) is 6.04. The van der Waals surface area contributed by atoms with Crippen molar-refractivity contribution < 1.29 is 29.3 Å². The van der Waals surface area contributed by atoms with Gasteiger partial charge >= 0.3 is 18.2 Å². The summed E-state index contributed by atoms with van der Waals surface area (Å²) in [6.07, 6.45) is 0.991. The van der Waals surface area contributed by atoms with E-state index in [-0.39, 0.29) is 5.57 Å². The second-order valence-electron chi connectivity index (χ2n) is 6.81. The molecule has 1 aliphatic rings. The van der Waals surface area contributed by atoms with Crippen molar-refractivity contribution in [2.24, 2.45) is 4.99 Å². The summed E-state index contributed by atoms with van der Waals surface area (Å²) in [7, 11) is 0. The third-order valence-electron chi connectivity index (χ3n) is 5.15. The number of hydrogen-bond acceptors (Lipinski definition) is 5. The molecule has 0 spiro atoms. The quantitative estimate of drug-likeness (QED) is 0.496.